The molecule has 4 rings (SSSR count). The largest absolute Gasteiger partial charge is 0.508 e. The van der Waals surface area contributed by atoms with E-state index in [-0.39, 0.29) is 29.5 Å². The molecule has 0 spiro atoms. The van der Waals surface area contributed by atoms with Gasteiger partial charge in [0.25, 0.3) is 0 Å². The first kappa shape index (κ1) is 20.8. The van der Waals surface area contributed by atoms with Crippen molar-refractivity contribution in [1.29, 1.82) is 0 Å². The summed E-state index contributed by atoms with van der Waals surface area (Å²) in [6.07, 6.45) is 3.49. The molecular weight excluding hydrogens is 388 g/mol. The van der Waals surface area contributed by atoms with E-state index in [1.165, 1.54) is 6.07 Å². The highest BCUT2D eigenvalue weighted by atomic mass is 16.3. The van der Waals surface area contributed by atoms with Gasteiger partial charge < -0.3 is 20.4 Å². The van der Waals surface area contributed by atoms with Crippen LogP contribution in [0.3, 0.4) is 0 Å². The van der Waals surface area contributed by atoms with Crippen molar-refractivity contribution in [2.45, 2.75) is 44.2 Å². The predicted molar refractivity (Wildman–Crippen MR) is 122 cm³/mol. The second kappa shape index (κ2) is 9.56. The Balaban J connectivity index is 1.48. The third-order valence-electron chi connectivity index (χ3n) is 6.07. The fraction of sp³-hybridized carbons (Fsp3) is 0.269. The maximum Gasteiger partial charge on any atom is 0.322 e. The van der Waals surface area contributed by atoms with Crippen LogP contribution in [0, 0.1) is 0 Å². The molecule has 0 aliphatic heterocycles. The Bertz CT molecular complexity index is 1000. The van der Waals surface area contributed by atoms with Crippen LogP contribution in [0.1, 0.15) is 42.7 Å². The van der Waals surface area contributed by atoms with E-state index in [2.05, 4.69) is 5.32 Å². The maximum absolute atomic E-state index is 13.2. The molecule has 5 heteroatoms. The number of nitrogens with zero attached hydrogens (tertiary/aromatic N) is 1. The van der Waals surface area contributed by atoms with E-state index < -0.39 is 0 Å². The van der Waals surface area contributed by atoms with Gasteiger partial charge in [0.1, 0.15) is 11.5 Å². The molecule has 1 fully saturated rings. The predicted octanol–water partition coefficient (Wildman–Crippen LogP) is 5.86. The summed E-state index contributed by atoms with van der Waals surface area (Å²) in [5.41, 5.74) is 2.76. The van der Waals surface area contributed by atoms with Crippen molar-refractivity contribution < 1.29 is 15.0 Å². The van der Waals surface area contributed by atoms with Crippen LogP contribution >= 0.6 is 0 Å². The number of phenols is 2. The first-order valence-electron chi connectivity index (χ1n) is 10.8. The van der Waals surface area contributed by atoms with Gasteiger partial charge in [-0.3, -0.25) is 0 Å². The van der Waals surface area contributed by atoms with Gasteiger partial charge in [0.15, 0.2) is 0 Å². The van der Waals surface area contributed by atoms with Crippen molar-refractivity contribution in [3.05, 3.63) is 90.0 Å². The monoisotopic (exact) mass is 416 g/mol. The Hall–Kier alpha value is -3.47. The second-order valence-corrected chi connectivity index (χ2v) is 8.16. The number of hydrogen-bond acceptors (Lipinski definition) is 3. The number of para-hydroxylation sites is 1. The Morgan fingerprint density at radius 3 is 2.16 bits per heavy atom. The Kier molecular flexibility index (Phi) is 6.41. The molecule has 0 atom stereocenters. The Morgan fingerprint density at radius 1 is 0.871 bits per heavy atom. The van der Waals surface area contributed by atoms with Crippen LogP contribution in [0.25, 0.3) is 0 Å². The van der Waals surface area contributed by atoms with Crippen LogP contribution in [0.5, 0.6) is 11.5 Å². The zero-order chi connectivity index (χ0) is 21.6. The van der Waals surface area contributed by atoms with Gasteiger partial charge in [-0.15, -0.1) is 0 Å². The molecule has 31 heavy (non-hydrogen) atoms. The van der Waals surface area contributed by atoms with Crippen molar-refractivity contribution in [2.24, 2.45) is 0 Å². The average Bonchev–Trinajstić information content (AvgIpc) is 2.79. The number of nitrogens with one attached hydrogen (secondary N) is 1. The summed E-state index contributed by atoms with van der Waals surface area (Å²) in [6, 6.07) is 24.4. The molecule has 0 aromatic heterocycles. The minimum Gasteiger partial charge on any atom is -0.508 e. The molecule has 0 radical (unpaired) electrons. The molecule has 1 aliphatic carbocycles. The highest BCUT2D eigenvalue weighted by Gasteiger charge is 2.30. The molecule has 160 valence electrons. The summed E-state index contributed by atoms with van der Waals surface area (Å²) >= 11 is 0. The van der Waals surface area contributed by atoms with Crippen molar-refractivity contribution in [1.82, 2.24) is 4.90 Å². The molecule has 3 aromatic rings. The number of rotatable bonds is 5. The number of aromatic hydroxyl groups is 2. The van der Waals surface area contributed by atoms with E-state index in [0.29, 0.717) is 6.54 Å². The van der Waals surface area contributed by atoms with Crippen LogP contribution in [0.4, 0.5) is 10.5 Å². The Labute approximate surface area is 183 Å². The van der Waals surface area contributed by atoms with Crippen LogP contribution < -0.4 is 5.32 Å². The van der Waals surface area contributed by atoms with Crippen LogP contribution in [0.2, 0.25) is 0 Å². The summed E-state index contributed by atoms with van der Waals surface area (Å²) in [4.78, 5) is 15.1. The summed E-state index contributed by atoms with van der Waals surface area (Å²) in [7, 11) is 0. The van der Waals surface area contributed by atoms with E-state index in [1.54, 1.807) is 12.1 Å². The summed E-state index contributed by atoms with van der Waals surface area (Å²) in [6.45, 7) is 0.555. The standard InChI is InChI=1S/C26H28N2O3/c29-23-15-16-24(25(30)17-23)20-11-13-22(14-12-20)28(18-19-7-3-1-4-8-19)26(31)27-21-9-5-2-6-10-21/h1-10,15-17,20,22,29-30H,11-14,18H2,(H,27,31). The Morgan fingerprint density at radius 2 is 1.52 bits per heavy atom. The first-order valence-corrected chi connectivity index (χ1v) is 10.8. The van der Waals surface area contributed by atoms with Gasteiger partial charge in [0.05, 0.1) is 0 Å². The lowest BCUT2D eigenvalue weighted by molar-refractivity contribution is 0.158. The molecule has 3 aromatic carbocycles. The van der Waals surface area contributed by atoms with Gasteiger partial charge in [-0.1, -0.05) is 54.6 Å². The van der Waals surface area contributed by atoms with Crippen LogP contribution in [0.15, 0.2) is 78.9 Å². The third-order valence-corrected chi connectivity index (χ3v) is 6.07. The molecule has 5 nitrogen and oxygen atoms in total. The molecule has 0 unspecified atom stereocenters. The quantitative estimate of drug-likeness (QED) is 0.488. The SMILES string of the molecule is O=C(Nc1ccccc1)N(Cc1ccccc1)C1CCC(c2ccc(O)cc2O)CC1. The summed E-state index contributed by atoms with van der Waals surface area (Å²) < 4.78 is 0. The molecule has 0 saturated heterocycles. The van der Waals surface area contributed by atoms with Crippen molar-refractivity contribution in [2.75, 3.05) is 5.32 Å². The van der Waals surface area contributed by atoms with Gasteiger partial charge in [-0.25, -0.2) is 4.79 Å². The normalized spacial score (nSPS) is 18.3. The first-order chi connectivity index (χ1) is 15.1. The van der Waals surface area contributed by atoms with E-state index >= 15 is 0 Å². The van der Waals surface area contributed by atoms with Crippen LogP contribution in [-0.4, -0.2) is 27.2 Å². The summed E-state index contributed by atoms with van der Waals surface area (Å²) in [5.74, 6) is 0.445. The van der Waals surface area contributed by atoms with E-state index in [9.17, 15) is 15.0 Å². The number of carbonyl (C=O) groups excluding carboxylic acids is 1. The lowest BCUT2D eigenvalue weighted by Crippen LogP contribution is -2.44. The lowest BCUT2D eigenvalue weighted by atomic mass is 9.80. The second-order valence-electron chi connectivity index (χ2n) is 8.16. The maximum atomic E-state index is 13.2. The van der Waals surface area contributed by atoms with Crippen molar-refractivity contribution in [3.8, 4) is 11.5 Å². The summed E-state index contributed by atoms with van der Waals surface area (Å²) in [5, 5.41) is 22.8. The van der Waals surface area contributed by atoms with Gasteiger partial charge in [-0.2, -0.15) is 0 Å². The van der Waals surface area contributed by atoms with E-state index in [0.717, 1.165) is 42.5 Å². The number of carbonyl (C=O) groups is 1. The number of amides is 2. The topological polar surface area (TPSA) is 72.8 Å². The van der Waals surface area contributed by atoms with Gasteiger partial charge in [0, 0.05) is 24.3 Å². The number of phenolic OH excluding ortho intramolecular Hbond substituents is 2. The zero-order valence-electron chi connectivity index (χ0n) is 17.4. The molecule has 0 bridgehead atoms. The van der Waals surface area contributed by atoms with Gasteiger partial charge in [-0.05, 0) is 60.9 Å². The molecule has 3 N–H and O–H groups in total. The molecule has 1 aliphatic rings. The number of benzene rings is 3. The minimum absolute atomic E-state index is 0.0709. The van der Waals surface area contributed by atoms with Gasteiger partial charge >= 0.3 is 6.03 Å². The van der Waals surface area contributed by atoms with Gasteiger partial charge in [0.2, 0.25) is 0 Å². The molecule has 1 saturated carbocycles. The zero-order valence-corrected chi connectivity index (χ0v) is 17.4. The van der Waals surface area contributed by atoms with Crippen molar-refractivity contribution >= 4 is 11.7 Å². The third kappa shape index (κ3) is 5.18. The highest BCUT2D eigenvalue weighted by molar-refractivity contribution is 5.89. The van der Waals surface area contributed by atoms with Crippen molar-refractivity contribution in [3.63, 3.8) is 0 Å². The lowest BCUT2D eigenvalue weighted by Gasteiger charge is -2.37. The highest BCUT2D eigenvalue weighted by Crippen LogP contribution is 2.40. The smallest absolute Gasteiger partial charge is 0.322 e. The number of urea groups is 1. The fourth-order valence-corrected chi connectivity index (χ4v) is 4.44. The van der Waals surface area contributed by atoms with E-state index in [1.807, 2.05) is 65.6 Å². The number of anilines is 1. The average molecular weight is 417 g/mol. The molecule has 2 amide bonds. The minimum atomic E-state index is -0.0917. The molecule has 0 heterocycles. The molecular formula is C26H28N2O3. The van der Waals surface area contributed by atoms with E-state index in [4.69, 9.17) is 0 Å². The number of hydrogen-bond donors (Lipinski definition) is 3. The fourth-order valence-electron chi connectivity index (χ4n) is 4.44. The van der Waals surface area contributed by atoms with Crippen LogP contribution in [-0.2, 0) is 6.54 Å².